The molecule has 1 aliphatic rings. The number of carbonyl (C=O) groups is 2. The van der Waals surface area contributed by atoms with Crippen molar-refractivity contribution in [2.75, 3.05) is 27.3 Å². The summed E-state index contributed by atoms with van der Waals surface area (Å²) in [6.45, 7) is 5.03. The minimum absolute atomic E-state index is 0.0554. The first kappa shape index (κ1) is 19.8. The molecule has 6 nitrogen and oxygen atoms in total. The first-order valence-corrected chi connectivity index (χ1v) is 8.84. The molecular formula is C20H27NO5. The molecule has 0 bridgehead atoms. The third kappa shape index (κ3) is 5.25. The van der Waals surface area contributed by atoms with Gasteiger partial charge in [0.25, 0.3) is 0 Å². The van der Waals surface area contributed by atoms with Crippen molar-refractivity contribution >= 4 is 18.0 Å². The number of nitrogens with zero attached hydrogens (tertiary/aromatic N) is 1. The highest BCUT2D eigenvalue weighted by Crippen LogP contribution is 2.29. The molecule has 1 saturated heterocycles. The van der Waals surface area contributed by atoms with Crippen LogP contribution in [-0.4, -0.2) is 50.2 Å². The topological polar surface area (TPSA) is 65.1 Å². The third-order valence-corrected chi connectivity index (χ3v) is 4.31. The minimum atomic E-state index is -0.191. The van der Waals surface area contributed by atoms with Gasteiger partial charge in [0, 0.05) is 19.2 Å². The molecule has 0 atom stereocenters. The number of likely N-dealkylation sites (tertiary alicyclic amines) is 1. The summed E-state index contributed by atoms with van der Waals surface area (Å²) >= 11 is 0. The summed E-state index contributed by atoms with van der Waals surface area (Å²) in [6, 6.07) is 5.56. The highest BCUT2D eigenvalue weighted by atomic mass is 16.5. The van der Waals surface area contributed by atoms with Crippen LogP contribution in [0.1, 0.15) is 32.3 Å². The Bertz CT molecular complexity index is 660. The molecule has 0 saturated carbocycles. The SMILES string of the molecule is COC(=O)C1CCN(C(=O)/C=C\c2ccc(OC(C)C)c(OC)c2)CC1. The fourth-order valence-electron chi connectivity index (χ4n) is 2.91. The van der Waals surface area contributed by atoms with Gasteiger partial charge < -0.3 is 19.1 Å². The molecule has 2 rings (SSSR count). The van der Waals surface area contributed by atoms with E-state index in [1.54, 1.807) is 24.2 Å². The Morgan fingerprint density at radius 2 is 1.85 bits per heavy atom. The Labute approximate surface area is 154 Å². The molecule has 0 unspecified atom stereocenters. The van der Waals surface area contributed by atoms with E-state index in [1.807, 2.05) is 32.0 Å². The van der Waals surface area contributed by atoms with E-state index in [1.165, 1.54) is 7.11 Å². The number of esters is 1. The lowest BCUT2D eigenvalue weighted by Crippen LogP contribution is -2.39. The molecule has 1 amide bonds. The molecule has 142 valence electrons. The van der Waals surface area contributed by atoms with Gasteiger partial charge in [-0.2, -0.15) is 0 Å². The monoisotopic (exact) mass is 361 g/mol. The van der Waals surface area contributed by atoms with Crippen molar-refractivity contribution in [2.24, 2.45) is 5.92 Å². The molecule has 0 radical (unpaired) electrons. The van der Waals surface area contributed by atoms with Crippen LogP contribution in [0.15, 0.2) is 24.3 Å². The maximum absolute atomic E-state index is 12.4. The minimum Gasteiger partial charge on any atom is -0.493 e. The van der Waals surface area contributed by atoms with Crippen molar-refractivity contribution in [3.8, 4) is 11.5 Å². The van der Waals surface area contributed by atoms with Crippen molar-refractivity contribution in [3.63, 3.8) is 0 Å². The molecule has 1 fully saturated rings. The van der Waals surface area contributed by atoms with Crippen LogP contribution >= 0.6 is 0 Å². The van der Waals surface area contributed by atoms with Crippen LogP contribution < -0.4 is 9.47 Å². The zero-order valence-electron chi connectivity index (χ0n) is 15.9. The first-order valence-electron chi connectivity index (χ1n) is 8.84. The van der Waals surface area contributed by atoms with Crippen LogP contribution in [0.3, 0.4) is 0 Å². The molecule has 0 aromatic heterocycles. The van der Waals surface area contributed by atoms with E-state index in [4.69, 9.17) is 14.2 Å². The van der Waals surface area contributed by atoms with Crippen LogP contribution in [0.25, 0.3) is 6.08 Å². The summed E-state index contributed by atoms with van der Waals surface area (Å²) in [4.78, 5) is 25.7. The van der Waals surface area contributed by atoms with Crippen LogP contribution in [0, 0.1) is 5.92 Å². The molecule has 1 heterocycles. The molecule has 6 heteroatoms. The first-order chi connectivity index (χ1) is 12.4. The number of rotatable bonds is 6. The smallest absolute Gasteiger partial charge is 0.308 e. The van der Waals surface area contributed by atoms with E-state index < -0.39 is 0 Å². The summed E-state index contributed by atoms with van der Waals surface area (Å²) in [5, 5.41) is 0. The molecule has 0 aliphatic carbocycles. The Kier molecular flexibility index (Phi) is 7.06. The van der Waals surface area contributed by atoms with Crippen molar-refractivity contribution in [1.82, 2.24) is 4.90 Å². The molecule has 1 aromatic rings. The molecule has 0 spiro atoms. The number of piperidine rings is 1. The normalized spacial score (nSPS) is 15.3. The van der Waals surface area contributed by atoms with Gasteiger partial charge in [0.05, 0.1) is 26.2 Å². The fraction of sp³-hybridized carbons (Fsp3) is 0.500. The molecule has 0 N–H and O–H groups in total. The van der Waals surface area contributed by atoms with E-state index in [-0.39, 0.29) is 23.9 Å². The van der Waals surface area contributed by atoms with Crippen LogP contribution in [-0.2, 0) is 14.3 Å². The number of amides is 1. The average Bonchev–Trinajstić information content (AvgIpc) is 2.65. The number of carbonyl (C=O) groups excluding carboxylic acids is 2. The quantitative estimate of drug-likeness (QED) is 0.576. The van der Waals surface area contributed by atoms with Crippen molar-refractivity contribution in [1.29, 1.82) is 0 Å². The van der Waals surface area contributed by atoms with Gasteiger partial charge >= 0.3 is 5.97 Å². The van der Waals surface area contributed by atoms with Gasteiger partial charge in [-0.05, 0) is 50.5 Å². The van der Waals surface area contributed by atoms with Crippen LogP contribution in [0.2, 0.25) is 0 Å². The number of methoxy groups -OCH3 is 2. The second kappa shape index (κ2) is 9.27. The largest absolute Gasteiger partial charge is 0.493 e. The second-order valence-electron chi connectivity index (χ2n) is 6.53. The summed E-state index contributed by atoms with van der Waals surface area (Å²) in [5.74, 6) is 0.951. The summed E-state index contributed by atoms with van der Waals surface area (Å²) in [7, 11) is 2.99. The van der Waals surface area contributed by atoms with Gasteiger partial charge in [0.2, 0.25) is 5.91 Å². The average molecular weight is 361 g/mol. The number of hydrogen-bond donors (Lipinski definition) is 0. The lowest BCUT2D eigenvalue weighted by Gasteiger charge is -2.29. The lowest BCUT2D eigenvalue weighted by atomic mass is 9.97. The zero-order chi connectivity index (χ0) is 19.1. The Balaban J connectivity index is 1.97. The maximum atomic E-state index is 12.4. The predicted octanol–water partition coefficient (Wildman–Crippen LogP) is 2.91. The standard InChI is InChI=1S/C20H27NO5/c1-14(2)26-17-7-5-15(13-18(17)24-3)6-8-19(22)21-11-9-16(10-12-21)20(23)25-4/h5-8,13-14,16H,9-12H2,1-4H3/b8-6-. The Morgan fingerprint density at radius 1 is 1.15 bits per heavy atom. The summed E-state index contributed by atoms with van der Waals surface area (Å²) in [5.41, 5.74) is 0.857. The highest BCUT2D eigenvalue weighted by Gasteiger charge is 2.26. The molecule has 1 aliphatic heterocycles. The van der Waals surface area contributed by atoms with Gasteiger partial charge in [-0.1, -0.05) is 6.07 Å². The number of ether oxygens (including phenoxy) is 3. The van der Waals surface area contributed by atoms with Crippen molar-refractivity contribution in [2.45, 2.75) is 32.8 Å². The van der Waals surface area contributed by atoms with Crippen LogP contribution in [0.4, 0.5) is 0 Å². The second-order valence-corrected chi connectivity index (χ2v) is 6.53. The van der Waals surface area contributed by atoms with Gasteiger partial charge in [-0.25, -0.2) is 0 Å². The van der Waals surface area contributed by atoms with E-state index in [0.717, 1.165) is 5.56 Å². The number of benzene rings is 1. The number of hydrogen-bond acceptors (Lipinski definition) is 5. The van der Waals surface area contributed by atoms with Gasteiger partial charge in [0.15, 0.2) is 11.5 Å². The zero-order valence-corrected chi connectivity index (χ0v) is 15.9. The van der Waals surface area contributed by atoms with E-state index in [0.29, 0.717) is 37.4 Å². The van der Waals surface area contributed by atoms with Gasteiger partial charge in [0.1, 0.15) is 0 Å². The van der Waals surface area contributed by atoms with Gasteiger partial charge in [-0.3, -0.25) is 9.59 Å². The third-order valence-electron chi connectivity index (χ3n) is 4.31. The summed E-state index contributed by atoms with van der Waals surface area (Å²) < 4.78 is 15.8. The van der Waals surface area contributed by atoms with Crippen LogP contribution in [0.5, 0.6) is 11.5 Å². The van der Waals surface area contributed by atoms with E-state index >= 15 is 0 Å². The lowest BCUT2D eigenvalue weighted by molar-refractivity contribution is -0.148. The Hall–Kier alpha value is -2.50. The highest BCUT2D eigenvalue weighted by molar-refractivity contribution is 5.92. The molecule has 1 aromatic carbocycles. The molecule has 26 heavy (non-hydrogen) atoms. The van der Waals surface area contributed by atoms with E-state index in [2.05, 4.69) is 0 Å². The maximum Gasteiger partial charge on any atom is 0.308 e. The predicted molar refractivity (Wildman–Crippen MR) is 99.1 cm³/mol. The Morgan fingerprint density at radius 3 is 2.42 bits per heavy atom. The van der Waals surface area contributed by atoms with Crippen molar-refractivity contribution < 1.29 is 23.8 Å². The van der Waals surface area contributed by atoms with Crippen molar-refractivity contribution in [3.05, 3.63) is 29.8 Å². The van der Waals surface area contributed by atoms with Gasteiger partial charge in [-0.15, -0.1) is 0 Å². The molecular weight excluding hydrogens is 334 g/mol. The fourth-order valence-corrected chi connectivity index (χ4v) is 2.91. The van der Waals surface area contributed by atoms with E-state index in [9.17, 15) is 9.59 Å². The summed E-state index contributed by atoms with van der Waals surface area (Å²) in [6.07, 6.45) is 4.65.